The molecule has 0 saturated carbocycles. The molecule has 1 aromatic heterocycles. The van der Waals surface area contributed by atoms with Gasteiger partial charge in [0.15, 0.2) is 0 Å². The van der Waals surface area contributed by atoms with Gasteiger partial charge in [-0.05, 0) is 48.4 Å². The number of likely N-dealkylation sites (tertiary alicyclic amines) is 1. The normalized spacial score (nSPS) is 17.7. The lowest BCUT2D eigenvalue weighted by atomic mass is 9.90. The molecule has 1 aliphatic heterocycles. The van der Waals surface area contributed by atoms with Gasteiger partial charge < -0.3 is 10.0 Å². The van der Waals surface area contributed by atoms with Crippen LogP contribution in [0.2, 0.25) is 0 Å². The zero-order valence-electron chi connectivity index (χ0n) is 13.5. The van der Waals surface area contributed by atoms with Crippen LogP contribution in [-0.4, -0.2) is 35.0 Å². The van der Waals surface area contributed by atoms with Crippen LogP contribution >= 0.6 is 11.3 Å². The van der Waals surface area contributed by atoms with Crippen LogP contribution in [0.4, 0.5) is 0 Å². The Morgan fingerprint density at radius 3 is 2.67 bits per heavy atom. The summed E-state index contributed by atoms with van der Waals surface area (Å²) in [6, 6.07) is 11.1. The smallest absolute Gasteiger partial charge is 0.335 e. The van der Waals surface area contributed by atoms with Crippen molar-refractivity contribution < 1.29 is 14.7 Å². The number of carbonyl (C=O) groups is 2. The molecule has 24 heavy (non-hydrogen) atoms. The topological polar surface area (TPSA) is 57.6 Å². The molecular weight excluding hydrogens is 322 g/mol. The summed E-state index contributed by atoms with van der Waals surface area (Å²) in [7, 11) is 0. The van der Waals surface area contributed by atoms with Gasteiger partial charge in [0, 0.05) is 30.3 Å². The second-order valence-electron chi connectivity index (χ2n) is 6.19. The highest BCUT2D eigenvalue weighted by molar-refractivity contribution is 7.09. The van der Waals surface area contributed by atoms with Crippen LogP contribution < -0.4 is 0 Å². The number of hydrogen-bond donors (Lipinski definition) is 1. The van der Waals surface area contributed by atoms with Crippen LogP contribution in [0.25, 0.3) is 0 Å². The third-order valence-electron chi connectivity index (χ3n) is 4.57. The zero-order chi connectivity index (χ0) is 16.9. The van der Waals surface area contributed by atoms with Crippen molar-refractivity contribution in [3.05, 3.63) is 57.8 Å². The fraction of sp³-hybridized carbons (Fsp3) is 0.368. The highest BCUT2D eigenvalue weighted by Gasteiger charge is 2.24. The van der Waals surface area contributed by atoms with Gasteiger partial charge >= 0.3 is 5.97 Å². The van der Waals surface area contributed by atoms with Crippen molar-refractivity contribution in [3.8, 4) is 0 Å². The average molecular weight is 343 g/mol. The second-order valence-corrected chi connectivity index (χ2v) is 7.22. The Kier molecular flexibility index (Phi) is 5.30. The first kappa shape index (κ1) is 16.7. The van der Waals surface area contributed by atoms with E-state index in [1.54, 1.807) is 23.5 Å². The molecule has 0 bridgehead atoms. The molecule has 1 atom stereocenters. The van der Waals surface area contributed by atoms with E-state index in [2.05, 4.69) is 6.07 Å². The van der Waals surface area contributed by atoms with Crippen LogP contribution in [0.3, 0.4) is 0 Å². The van der Waals surface area contributed by atoms with Gasteiger partial charge in [-0.2, -0.15) is 0 Å². The summed E-state index contributed by atoms with van der Waals surface area (Å²) < 4.78 is 0. The summed E-state index contributed by atoms with van der Waals surface area (Å²) in [5.74, 6) is -0.391. The number of nitrogens with zero attached hydrogens (tertiary/aromatic N) is 1. The van der Waals surface area contributed by atoms with Gasteiger partial charge in [0.05, 0.1) is 5.56 Å². The lowest BCUT2D eigenvalue weighted by molar-refractivity contribution is -0.132. The third kappa shape index (κ3) is 4.03. The van der Waals surface area contributed by atoms with E-state index in [9.17, 15) is 9.59 Å². The quantitative estimate of drug-likeness (QED) is 0.899. The molecular formula is C19H21NO3S. The summed E-state index contributed by atoms with van der Waals surface area (Å²) in [6.07, 6.45) is 3.41. The molecule has 126 valence electrons. The number of piperidine rings is 1. The average Bonchev–Trinajstić information content (AvgIpc) is 3.13. The first-order valence-corrected chi connectivity index (χ1v) is 9.15. The Bertz CT molecular complexity index is 694. The summed E-state index contributed by atoms with van der Waals surface area (Å²) in [4.78, 5) is 26.6. The SMILES string of the molecule is O=C(O)c1ccc([C@H]2CCCN(C(=O)CCc3cccs3)C2)cc1. The van der Waals surface area contributed by atoms with Crippen LogP contribution in [0.15, 0.2) is 41.8 Å². The van der Waals surface area contributed by atoms with Crippen molar-refractivity contribution in [2.75, 3.05) is 13.1 Å². The number of amides is 1. The van der Waals surface area contributed by atoms with Crippen LogP contribution in [-0.2, 0) is 11.2 Å². The Balaban J connectivity index is 1.59. The Hall–Kier alpha value is -2.14. The Labute approximate surface area is 145 Å². The monoisotopic (exact) mass is 343 g/mol. The van der Waals surface area contributed by atoms with Gasteiger partial charge in [-0.3, -0.25) is 4.79 Å². The molecule has 0 spiro atoms. The molecule has 0 radical (unpaired) electrons. The second kappa shape index (κ2) is 7.62. The van der Waals surface area contributed by atoms with Crippen molar-refractivity contribution >= 4 is 23.2 Å². The standard InChI is InChI=1S/C19H21NO3S/c21-18(10-9-17-4-2-12-24-17)20-11-1-3-16(13-20)14-5-7-15(8-6-14)19(22)23/h2,4-8,12,16H,1,3,9-11,13H2,(H,22,23)/t16-/m0/s1. The zero-order valence-corrected chi connectivity index (χ0v) is 14.3. The molecule has 3 rings (SSSR count). The van der Waals surface area contributed by atoms with Crippen molar-refractivity contribution in [3.63, 3.8) is 0 Å². The maximum absolute atomic E-state index is 12.5. The van der Waals surface area contributed by atoms with Gasteiger partial charge in [-0.25, -0.2) is 4.79 Å². The number of carboxylic acid groups (broad SMARTS) is 1. The summed E-state index contributed by atoms with van der Waals surface area (Å²) in [5.41, 5.74) is 1.43. The van der Waals surface area contributed by atoms with E-state index in [-0.39, 0.29) is 5.91 Å². The number of aryl methyl sites for hydroxylation is 1. The number of hydrogen-bond acceptors (Lipinski definition) is 3. The van der Waals surface area contributed by atoms with Gasteiger partial charge in [0.2, 0.25) is 5.91 Å². The van der Waals surface area contributed by atoms with Crippen molar-refractivity contribution in [1.82, 2.24) is 4.90 Å². The summed E-state index contributed by atoms with van der Waals surface area (Å²) in [5, 5.41) is 11.0. The van der Waals surface area contributed by atoms with Gasteiger partial charge in [0.1, 0.15) is 0 Å². The van der Waals surface area contributed by atoms with E-state index < -0.39 is 5.97 Å². The van der Waals surface area contributed by atoms with Crippen molar-refractivity contribution in [2.24, 2.45) is 0 Å². The predicted octanol–water partition coefficient (Wildman–Crippen LogP) is 3.79. The third-order valence-corrected chi connectivity index (χ3v) is 5.50. The van der Waals surface area contributed by atoms with Crippen molar-refractivity contribution in [2.45, 2.75) is 31.6 Å². The molecule has 0 aliphatic carbocycles. The lowest BCUT2D eigenvalue weighted by Crippen LogP contribution is -2.39. The van der Waals surface area contributed by atoms with Gasteiger partial charge in [-0.15, -0.1) is 11.3 Å². The van der Waals surface area contributed by atoms with Crippen LogP contribution in [0, 0.1) is 0 Å². The summed E-state index contributed by atoms with van der Waals surface area (Å²) >= 11 is 1.69. The molecule has 1 aliphatic rings. The van der Waals surface area contributed by atoms with E-state index in [1.807, 2.05) is 28.5 Å². The maximum atomic E-state index is 12.5. The highest BCUT2D eigenvalue weighted by Crippen LogP contribution is 2.27. The molecule has 5 heteroatoms. The molecule has 2 heterocycles. The molecule has 1 saturated heterocycles. The van der Waals surface area contributed by atoms with E-state index in [4.69, 9.17) is 5.11 Å². The maximum Gasteiger partial charge on any atom is 0.335 e. The Morgan fingerprint density at radius 1 is 1.21 bits per heavy atom. The Morgan fingerprint density at radius 2 is 2.00 bits per heavy atom. The predicted molar refractivity (Wildman–Crippen MR) is 94.6 cm³/mol. The molecule has 4 nitrogen and oxygen atoms in total. The molecule has 0 unspecified atom stereocenters. The fourth-order valence-electron chi connectivity index (χ4n) is 3.22. The van der Waals surface area contributed by atoms with Crippen molar-refractivity contribution in [1.29, 1.82) is 0 Å². The number of carbonyl (C=O) groups excluding carboxylic acids is 1. The number of benzene rings is 1. The van der Waals surface area contributed by atoms with E-state index in [0.717, 1.165) is 37.9 Å². The number of aromatic carboxylic acids is 1. The minimum absolute atomic E-state index is 0.218. The van der Waals surface area contributed by atoms with Gasteiger partial charge in [0.25, 0.3) is 0 Å². The number of rotatable bonds is 5. The highest BCUT2D eigenvalue weighted by atomic mass is 32.1. The largest absolute Gasteiger partial charge is 0.478 e. The number of carboxylic acids is 1. The van der Waals surface area contributed by atoms with Crippen LogP contribution in [0.1, 0.15) is 46.0 Å². The molecule has 1 fully saturated rings. The van der Waals surface area contributed by atoms with E-state index in [0.29, 0.717) is 17.9 Å². The molecule has 1 aromatic carbocycles. The summed E-state index contributed by atoms with van der Waals surface area (Å²) in [6.45, 7) is 1.56. The molecule has 2 aromatic rings. The van der Waals surface area contributed by atoms with E-state index >= 15 is 0 Å². The first-order valence-electron chi connectivity index (χ1n) is 8.27. The first-order chi connectivity index (χ1) is 11.6. The van der Waals surface area contributed by atoms with Crippen LogP contribution in [0.5, 0.6) is 0 Å². The number of thiophene rings is 1. The molecule has 1 amide bonds. The van der Waals surface area contributed by atoms with Gasteiger partial charge in [-0.1, -0.05) is 18.2 Å². The van der Waals surface area contributed by atoms with E-state index in [1.165, 1.54) is 4.88 Å². The minimum atomic E-state index is -0.907. The fourth-order valence-corrected chi connectivity index (χ4v) is 3.93. The minimum Gasteiger partial charge on any atom is -0.478 e. The lowest BCUT2D eigenvalue weighted by Gasteiger charge is -2.33. The molecule has 1 N–H and O–H groups in total.